The summed E-state index contributed by atoms with van der Waals surface area (Å²) in [6.07, 6.45) is 0. The highest BCUT2D eigenvalue weighted by Gasteiger charge is 2.43. The zero-order valence-corrected chi connectivity index (χ0v) is 23.6. The molecule has 0 fully saturated rings. The number of allylic oxidation sites excluding steroid dienone is 2. The van der Waals surface area contributed by atoms with E-state index in [2.05, 4.69) is 5.32 Å². The second kappa shape index (κ2) is 11.0. The lowest BCUT2D eigenvalue weighted by atomic mass is 9.79. The molecule has 0 amide bonds. The first-order valence-corrected chi connectivity index (χ1v) is 13.4. The van der Waals surface area contributed by atoms with Gasteiger partial charge in [0, 0.05) is 43.9 Å². The molecule has 1 N–H and O–H groups in total. The SMILES string of the molecule is CCOc1cc([C@H]2C(C(=O)OC)=C(C)NC3=C2C(=O)c2ccccc23)cc(Cl)c1OCc1ccc(Cl)cc1Cl. The summed E-state index contributed by atoms with van der Waals surface area (Å²) < 4.78 is 17.1. The number of benzene rings is 3. The average Bonchev–Trinajstić information content (AvgIpc) is 3.19. The summed E-state index contributed by atoms with van der Waals surface area (Å²) in [5.41, 5.74) is 4.67. The molecule has 3 aromatic rings. The molecule has 2 aliphatic rings. The van der Waals surface area contributed by atoms with Crippen LogP contribution in [0.4, 0.5) is 0 Å². The second-order valence-electron chi connectivity index (χ2n) is 9.04. The van der Waals surface area contributed by atoms with Gasteiger partial charge in [-0.2, -0.15) is 0 Å². The van der Waals surface area contributed by atoms with Crippen LogP contribution < -0.4 is 14.8 Å². The van der Waals surface area contributed by atoms with Crippen LogP contribution in [0.25, 0.3) is 5.70 Å². The van der Waals surface area contributed by atoms with Crippen LogP contribution in [0.15, 0.2) is 71.4 Å². The molecular formula is C30H24Cl3NO5. The van der Waals surface area contributed by atoms with Crippen molar-refractivity contribution in [1.29, 1.82) is 0 Å². The van der Waals surface area contributed by atoms with Gasteiger partial charge in [0.25, 0.3) is 0 Å². The number of hydrogen-bond acceptors (Lipinski definition) is 6. The highest BCUT2D eigenvalue weighted by Crippen LogP contribution is 2.49. The summed E-state index contributed by atoms with van der Waals surface area (Å²) >= 11 is 19.1. The molecule has 9 heteroatoms. The van der Waals surface area contributed by atoms with Crippen molar-refractivity contribution in [3.8, 4) is 11.5 Å². The van der Waals surface area contributed by atoms with Gasteiger partial charge in [-0.15, -0.1) is 0 Å². The Hall–Kier alpha value is -3.45. The predicted octanol–water partition coefficient (Wildman–Crippen LogP) is 7.37. The van der Waals surface area contributed by atoms with Gasteiger partial charge in [0.1, 0.15) is 6.61 Å². The van der Waals surface area contributed by atoms with Gasteiger partial charge in [-0.05, 0) is 43.7 Å². The van der Waals surface area contributed by atoms with E-state index in [0.29, 0.717) is 61.8 Å². The van der Waals surface area contributed by atoms with Crippen molar-refractivity contribution in [2.24, 2.45) is 0 Å². The number of dihydropyridines is 1. The minimum Gasteiger partial charge on any atom is -0.490 e. The maximum absolute atomic E-state index is 13.7. The number of carbonyl (C=O) groups is 2. The molecule has 0 aromatic heterocycles. The van der Waals surface area contributed by atoms with Gasteiger partial charge < -0.3 is 19.5 Å². The standard InChI is InChI=1S/C30H24Cl3NO5/c1-4-38-23-12-17(11-22(33)29(23)39-14-16-9-10-18(31)13-21(16)32)25-24(30(36)37-3)15(2)34-27-19-7-5-6-8-20(19)28(35)26(25)27/h5-13,25,34H,4,14H2,1-3H3/t25-/m0/s1. The number of fused-ring (bicyclic) bond motifs is 2. The molecule has 0 unspecified atom stereocenters. The van der Waals surface area contributed by atoms with Crippen LogP contribution in [0, 0.1) is 0 Å². The van der Waals surface area contributed by atoms with Crippen molar-refractivity contribution in [1.82, 2.24) is 5.32 Å². The molecule has 0 saturated carbocycles. The summed E-state index contributed by atoms with van der Waals surface area (Å²) in [6.45, 7) is 4.08. The van der Waals surface area contributed by atoms with Gasteiger partial charge in [0.2, 0.25) is 0 Å². The quantitative estimate of drug-likeness (QED) is 0.292. The van der Waals surface area contributed by atoms with E-state index in [1.807, 2.05) is 25.1 Å². The lowest BCUT2D eigenvalue weighted by molar-refractivity contribution is -0.136. The molecule has 0 radical (unpaired) electrons. The number of ketones is 1. The third-order valence-electron chi connectivity index (χ3n) is 6.71. The minimum absolute atomic E-state index is 0.123. The van der Waals surface area contributed by atoms with Gasteiger partial charge in [-0.3, -0.25) is 4.79 Å². The number of esters is 1. The first-order chi connectivity index (χ1) is 18.7. The van der Waals surface area contributed by atoms with Gasteiger partial charge >= 0.3 is 5.97 Å². The Labute approximate surface area is 241 Å². The molecule has 39 heavy (non-hydrogen) atoms. The lowest BCUT2D eigenvalue weighted by Gasteiger charge is -2.29. The zero-order chi connectivity index (χ0) is 27.8. The number of carbonyl (C=O) groups excluding carboxylic acids is 2. The predicted molar refractivity (Wildman–Crippen MR) is 152 cm³/mol. The van der Waals surface area contributed by atoms with Crippen LogP contribution in [-0.2, 0) is 16.1 Å². The number of ether oxygens (including phenoxy) is 3. The molecule has 1 atom stereocenters. The highest BCUT2D eigenvalue weighted by atomic mass is 35.5. The maximum Gasteiger partial charge on any atom is 0.336 e. The summed E-state index contributed by atoms with van der Waals surface area (Å²) in [5, 5.41) is 4.51. The fraction of sp³-hybridized carbons (Fsp3) is 0.200. The molecule has 5 rings (SSSR count). The second-order valence-corrected chi connectivity index (χ2v) is 10.3. The van der Waals surface area contributed by atoms with E-state index in [1.54, 1.807) is 43.3 Å². The number of halogens is 3. The first-order valence-electron chi connectivity index (χ1n) is 12.2. The zero-order valence-electron chi connectivity index (χ0n) is 21.4. The normalized spacial score (nSPS) is 16.1. The van der Waals surface area contributed by atoms with Gasteiger partial charge in [0.15, 0.2) is 17.3 Å². The van der Waals surface area contributed by atoms with E-state index in [4.69, 9.17) is 49.0 Å². The van der Waals surface area contributed by atoms with E-state index in [1.165, 1.54) is 7.11 Å². The van der Waals surface area contributed by atoms with E-state index in [-0.39, 0.29) is 17.4 Å². The minimum atomic E-state index is -0.745. The van der Waals surface area contributed by atoms with Crippen molar-refractivity contribution in [3.63, 3.8) is 0 Å². The lowest BCUT2D eigenvalue weighted by Crippen LogP contribution is -2.29. The first kappa shape index (κ1) is 27.1. The van der Waals surface area contributed by atoms with Crippen molar-refractivity contribution in [3.05, 3.63) is 109 Å². The number of hydrogen-bond donors (Lipinski definition) is 1. The molecule has 3 aromatic carbocycles. The molecule has 6 nitrogen and oxygen atoms in total. The molecule has 200 valence electrons. The molecule has 0 saturated heterocycles. The monoisotopic (exact) mass is 583 g/mol. The van der Waals surface area contributed by atoms with Gasteiger partial charge in [0.05, 0.1) is 30.0 Å². The van der Waals surface area contributed by atoms with E-state index in [9.17, 15) is 9.59 Å². The van der Waals surface area contributed by atoms with Crippen LogP contribution >= 0.6 is 34.8 Å². The Balaban J connectivity index is 1.61. The Morgan fingerprint density at radius 3 is 2.41 bits per heavy atom. The van der Waals surface area contributed by atoms with Crippen molar-refractivity contribution >= 4 is 52.3 Å². The smallest absolute Gasteiger partial charge is 0.336 e. The molecule has 0 bridgehead atoms. The molecule has 1 aliphatic heterocycles. The number of Topliss-reactive ketones (excluding diaryl/α,β-unsaturated/α-hetero) is 1. The maximum atomic E-state index is 13.7. The number of rotatable bonds is 7. The fourth-order valence-corrected chi connectivity index (χ4v) is 5.73. The summed E-state index contributed by atoms with van der Waals surface area (Å²) in [7, 11) is 1.31. The third-order valence-corrected chi connectivity index (χ3v) is 7.57. The fourth-order valence-electron chi connectivity index (χ4n) is 4.99. The molecule has 1 heterocycles. The van der Waals surface area contributed by atoms with Crippen molar-refractivity contribution < 1.29 is 23.8 Å². The van der Waals surface area contributed by atoms with Crippen molar-refractivity contribution in [2.45, 2.75) is 26.4 Å². The van der Waals surface area contributed by atoms with Gasteiger partial charge in [-0.25, -0.2) is 4.79 Å². The largest absolute Gasteiger partial charge is 0.490 e. The Morgan fingerprint density at radius 2 is 1.72 bits per heavy atom. The topological polar surface area (TPSA) is 73.9 Å². The van der Waals surface area contributed by atoms with Crippen LogP contribution in [0.1, 0.15) is 46.8 Å². The summed E-state index contributed by atoms with van der Waals surface area (Å²) in [5.74, 6) is -0.774. The van der Waals surface area contributed by atoms with Crippen molar-refractivity contribution in [2.75, 3.05) is 13.7 Å². The average molecular weight is 585 g/mol. The summed E-state index contributed by atoms with van der Waals surface area (Å²) in [6, 6.07) is 15.9. The van der Waals surface area contributed by atoms with Gasteiger partial charge in [-0.1, -0.05) is 65.1 Å². The number of methoxy groups -OCH3 is 1. The van der Waals surface area contributed by atoms with E-state index >= 15 is 0 Å². The molecular weight excluding hydrogens is 561 g/mol. The van der Waals surface area contributed by atoms with E-state index < -0.39 is 11.9 Å². The third kappa shape index (κ3) is 4.89. The van der Waals surface area contributed by atoms with Crippen LogP contribution in [-0.4, -0.2) is 25.5 Å². The summed E-state index contributed by atoms with van der Waals surface area (Å²) in [4.78, 5) is 26.7. The highest BCUT2D eigenvalue weighted by molar-refractivity contribution is 6.35. The number of nitrogens with one attached hydrogen (secondary N) is 1. The Morgan fingerprint density at radius 1 is 0.974 bits per heavy atom. The van der Waals surface area contributed by atoms with Crippen LogP contribution in [0.3, 0.4) is 0 Å². The van der Waals surface area contributed by atoms with Crippen LogP contribution in [0.5, 0.6) is 11.5 Å². The Kier molecular flexibility index (Phi) is 7.63. The molecule has 0 spiro atoms. The molecule has 1 aliphatic carbocycles. The van der Waals surface area contributed by atoms with E-state index in [0.717, 1.165) is 11.1 Å². The van der Waals surface area contributed by atoms with Crippen LogP contribution in [0.2, 0.25) is 15.1 Å². The Bertz CT molecular complexity index is 1580.